The van der Waals surface area contributed by atoms with Crippen LogP contribution in [-0.4, -0.2) is 19.8 Å². The molecule has 0 aliphatic heterocycles. The van der Waals surface area contributed by atoms with Crippen LogP contribution in [0.4, 0.5) is 13.2 Å². The monoisotopic (exact) mass is 401 g/mol. The number of hydrogen-bond acceptors (Lipinski definition) is 4. The summed E-state index contributed by atoms with van der Waals surface area (Å²) in [6, 6.07) is 1.28. The summed E-state index contributed by atoms with van der Waals surface area (Å²) in [4.78, 5) is 2.59. The Balaban J connectivity index is 3.47. The minimum atomic E-state index is -5.04. The molecule has 1 aromatic heterocycles. The highest BCUT2D eigenvalue weighted by molar-refractivity contribution is 14.1. The second-order valence-electron chi connectivity index (χ2n) is 2.88. The fourth-order valence-electron chi connectivity index (χ4n) is 1.07. The predicted molar refractivity (Wildman–Crippen MR) is 61.4 cm³/mol. The van der Waals surface area contributed by atoms with Crippen molar-refractivity contribution in [1.82, 2.24) is 4.98 Å². The van der Waals surface area contributed by atoms with Crippen molar-refractivity contribution >= 4 is 42.3 Å². The molecule has 0 aromatic carbocycles. The van der Waals surface area contributed by atoms with Crippen molar-refractivity contribution in [2.45, 2.75) is 18.2 Å². The summed E-state index contributed by atoms with van der Waals surface area (Å²) in [6.45, 7) is 1.29. The largest absolute Gasteiger partial charge is 0.574 e. The van der Waals surface area contributed by atoms with E-state index < -0.39 is 26.2 Å². The van der Waals surface area contributed by atoms with Crippen molar-refractivity contribution in [2.24, 2.45) is 0 Å². The Hall–Kier alpha value is -0.290. The summed E-state index contributed by atoms with van der Waals surface area (Å²) < 4.78 is 62.2. The molecule has 0 aliphatic carbocycles. The first-order valence-corrected chi connectivity index (χ1v) is 7.27. The van der Waals surface area contributed by atoms with Crippen LogP contribution in [0.2, 0.25) is 0 Å². The van der Waals surface area contributed by atoms with Gasteiger partial charge in [-0.25, -0.2) is 13.4 Å². The Morgan fingerprint density at radius 1 is 1.47 bits per heavy atom. The van der Waals surface area contributed by atoms with Gasteiger partial charge in [-0.05, 0) is 41.1 Å². The van der Waals surface area contributed by atoms with Gasteiger partial charge in [-0.1, -0.05) is 0 Å². The van der Waals surface area contributed by atoms with Gasteiger partial charge >= 0.3 is 6.36 Å². The minimum absolute atomic E-state index is 0.0265. The first-order chi connectivity index (χ1) is 7.50. The van der Waals surface area contributed by atoms with Gasteiger partial charge in [0.05, 0.1) is 0 Å². The van der Waals surface area contributed by atoms with E-state index in [1.54, 1.807) is 22.6 Å². The zero-order valence-corrected chi connectivity index (χ0v) is 11.8. The molecule has 0 radical (unpaired) electrons. The summed E-state index contributed by atoms with van der Waals surface area (Å²) in [5.41, 5.74) is 0.0265. The first kappa shape index (κ1) is 14.8. The number of aromatic nitrogens is 1. The SMILES string of the molecule is Cc1cc(I)nc(OC(F)(F)F)c1S(=O)(=O)Cl. The van der Waals surface area contributed by atoms with Gasteiger partial charge in [0.2, 0.25) is 5.88 Å². The lowest BCUT2D eigenvalue weighted by Gasteiger charge is -2.12. The topological polar surface area (TPSA) is 56.3 Å². The van der Waals surface area contributed by atoms with Gasteiger partial charge < -0.3 is 4.74 Å². The van der Waals surface area contributed by atoms with Crippen LogP contribution in [0.15, 0.2) is 11.0 Å². The van der Waals surface area contributed by atoms with Crippen molar-refractivity contribution in [3.63, 3.8) is 0 Å². The highest BCUT2D eigenvalue weighted by Gasteiger charge is 2.35. The summed E-state index contributed by atoms with van der Waals surface area (Å²) >= 11 is 1.63. The van der Waals surface area contributed by atoms with E-state index in [0.29, 0.717) is 0 Å². The molecule has 4 nitrogen and oxygen atoms in total. The summed E-state index contributed by atoms with van der Waals surface area (Å²) in [6.07, 6.45) is -5.04. The third kappa shape index (κ3) is 4.14. The standard InChI is InChI=1S/C7H4ClF3INO3S/c1-3-2-4(12)13-6(16-7(9,10)11)5(3)17(8,14)15/h2H,1H3. The lowest BCUT2D eigenvalue weighted by atomic mass is 10.3. The first-order valence-electron chi connectivity index (χ1n) is 3.88. The average Bonchev–Trinajstić information content (AvgIpc) is 1.94. The van der Waals surface area contributed by atoms with Crippen LogP contribution in [0.3, 0.4) is 0 Å². The van der Waals surface area contributed by atoms with E-state index in [1.807, 2.05) is 0 Å². The number of pyridine rings is 1. The Bertz CT molecular complexity index is 546. The van der Waals surface area contributed by atoms with Gasteiger partial charge in [0.1, 0.15) is 8.60 Å². The van der Waals surface area contributed by atoms with Crippen molar-refractivity contribution in [1.29, 1.82) is 0 Å². The van der Waals surface area contributed by atoms with E-state index in [9.17, 15) is 21.6 Å². The third-order valence-electron chi connectivity index (χ3n) is 1.55. The summed E-state index contributed by atoms with van der Waals surface area (Å²) in [7, 11) is 0.661. The highest BCUT2D eigenvalue weighted by Crippen LogP contribution is 2.33. The zero-order chi connectivity index (χ0) is 13.4. The molecule has 0 saturated heterocycles. The van der Waals surface area contributed by atoms with Crippen LogP contribution < -0.4 is 4.74 Å². The second-order valence-corrected chi connectivity index (χ2v) is 6.49. The molecule has 0 saturated carbocycles. The van der Waals surface area contributed by atoms with Crippen LogP contribution in [0.25, 0.3) is 0 Å². The lowest BCUT2D eigenvalue weighted by molar-refractivity contribution is -0.277. The molecule has 0 spiro atoms. The van der Waals surface area contributed by atoms with Gasteiger partial charge in [0.25, 0.3) is 9.05 Å². The zero-order valence-electron chi connectivity index (χ0n) is 8.05. The molecule has 0 N–H and O–H groups in total. The normalized spacial score (nSPS) is 12.6. The summed E-state index contributed by atoms with van der Waals surface area (Å²) in [5, 5.41) is 0. The van der Waals surface area contributed by atoms with Gasteiger partial charge in [0.15, 0.2) is 0 Å². The van der Waals surface area contributed by atoms with Crippen LogP contribution in [-0.2, 0) is 9.05 Å². The molecule has 17 heavy (non-hydrogen) atoms. The molecule has 1 rings (SSSR count). The maximum absolute atomic E-state index is 12.1. The summed E-state index contributed by atoms with van der Waals surface area (Å²) in [5.74, 6) is -1.07. The number of halogens is 5. The molecular formula is C7H4ClF3INO3S. The van der Waals surface area contributed by atoms with Gasteiger partial charge in [0, 0.05) is 10.7 Å². The molecule has 0 fully saturated rings. The molecule has 96 valence electrons. The maximum Gasteiger partial charge on any atom is 0.574 e. The molecule has 10 heteroatoms. The van der Waals surface area contributed by atoms with Gasteiger partial charge in [-0.15, -0.1) is 13.2 Å². The second kappa shape index (κ2) is 4.76. The van der Waals surface area contributed by atoms with Crippen molar-refractivity contribution < 1.29 is 26.3 Å². The van der Waals surface area contributed by atoms with Crippen LogP contribution in [0.1, 0.15) is 5.56 Å². The van der Waals surface area contributed by atoms with Gasteiger partial charge in [-0.2, -0.15) is 0 Å². The van der Waals surface area contributed by atoms with Crippen molar-refractivity contribution in [3.05, 3.63) is 15.3 Å². The number of alkyl halides is 3. The smallest absolute Gasteiger partial charge is 0.386 e. The Kier molecular flexibility index (Phi) is 4.14. The molecule has 1 heterocycles. The van der Waals surface area contributed by atoms with Crippen LogP contribution in [0, 0.1) is 10.6 Å². The Morgan fingerprint density at radius 2 is 2.00 bits per heavy atom. The quantitative estimate of drug-likeness (QED) is 0.434. The molecular weight excluding hydrogens is 397 g/mol. The van der Waals surface area contributed by atoms with E-state index in [1.165, 1.54) is 13.0 Å². The fourth-order valence-corrected chi connectivity index (χ4v) is 3.06. The molecule has 0 bridgehead atoms. The predicted octanol–water partition coefficient (Wildman–Crippen LogP) is 2.82. The molecule has 0 atom stereocenters. The molecule has 0 amide bonds. The number of aryl methyl sites for hydroxylation is 1. The average molecular weight is 402 g/mol. The molecule has 0 unspecified atom stereocenters. The lowest BCUT2D eigenvalue weighted by Crippen LogP contribution is -2.20. The number of nitrogens with zero attached hydrogens (tertiary/aromatic N) is 1. The Labute approximate surface area is 113 Å². The van der Waals surface area contributed by atoms with Crippen molar-refractivity contribution in [2.75, 3.05) is 0 Å². The van der Waals surface area contributed by atoms with E-state index in [-0.39, 0.29) is 9.26 Å². The maximum atomic E-state index is 12.1. The van der Waals surface area contributed by atoms with Crippen molar-refractivity contribution in [3.8, 4) is 5.88 Å². The van der Waals surface area contributed by atoms with Crippen LogP contribution in [0.5, 0.6) is 5.88 Å². The number of rotatable bonds is 2. The van der Waals surface area contributed by atoms with E-state index in [0.717, 1.165) is 0 Å². The van der Waals surface area contributed by atoms with Gasteiger partial charge in [-0.3, -0.25) is 0 Å². The fraction of sp³-hybridized carbons (Fsp3) is 0.286. The molecule has 0 aliphatic rings. The Morgan fingerprint density at radius 3 is 2.41 bits per heavy atom. The minimum Gasteiger partial charge on any atom is -0.386 e. The highest BCUT2D eigenvalue weighted by atomic mass is 127. The van der Waals surface area contributed by atoms with E-state index in [4.69, 9.17) is 10.7 Å². The molecule has 1 aromatic rings. The van der Waals surface area contributed by atoms with E-state index in [2.05, 4.69) is 9.72 Å². The van der Waals surface area contributed by atoms with Crippen LogP contribution >= 0.6 is 33.3 Å². The number of hydrogen-bond donors (Lipinski definition) is 0. The number of ether oxygens (including phenoxy) is 1. The van der Waals surface area contributed by atoms with E-state index >= 15 is 0 Å². The third-order valence-corrected chi connectivity index (χ3v) is 3.55.